The Bertz CT molecular complexity index is 326. The maximum absolute atomic E-state index is 2.44. The van der Waals surface area contributed by atoms with Crippen molar-refractivity contribution in [3.8, 4) is 0 Å². The molecule has 0 amide bonds. The Labute approximate surface area is 99.8 Å². The molecule has 1 unspecified atom stereocenters. The Morgan fingerprint density at radius 3 is 2.62 bits per heavy atom. The van der Waals surface area contributed by atoms with E-state index in [1.54, 1.807) is 11.4 Å². The molecule has 2 aliphatic rings. The summed E-state index contributed by atoms with van der Waals surface area (Å²) >= 11 is 0. The topological polar surface area (TPSA) is 3.24 Å². The minimum absolute atomic E-state index is 0.890. The second-order valence-corrected chi connectivity index (χ2v) is 5.33. The number of hydrogen-bond donors (Lipinski definition) is 0. The second kappa shape index (κ2) is 4.25. The van der Waals surface area contributed by atoms with Crippen molar-refractivity contribution in [2.75, 3.05) is 27.2 Å². The summed E-state index contributed by atoms with van der Waals surface area (Å²) in [7, 11) is 4.66. The third-order valence-corrected chi connectivity index (χ3v) is 4.22. The van der Waals surface area contributed by atoms with Gasteiger partial charge in [-0.15, -0.1) is 0 Å². The van der Waals surface area contributed by atoms with E-state index in [2.05, 4.69) is 45.0 Å². The van der Waals surface area contributed by atoms with E-state index in [0.717, 1.165) is 12.5 Å². The van der Waals surface area contributed by atoms with E-state index in [4.69, 9.17) is 0 Å². The van der Waals surface area contributed by atoms with Crippen molar-refractivity contribution in [2.24, 2.45) is 0 Å². The summed E-state index contributed by atoms with van der Waals surface area (Å²) in [6, 6.07) is 0.890. The predicted octanol–water partition coefficient (Wildman–Crippen LogP) is 2.74. The first-order chi connectivity index (χ1) is 7.63. The van der Waals surface area contributed by atoms with Crippen LogP contribution in [-0.4, -0.2) is 42.6 Å². The molecule has 0 aromatic rings. The van der Waals surface area contributed by atoms with E-state index in [1.807, 2.05) is 0 Å². The van der Waals surface area contributed by atoms with Crippen LogP contribution in [0.25, 0.3) is 0 Å². The Kier molecular flexibility index (Phi) is 3.11. The van der Waals surface area contributed by atoms with Crippen LogP contribution in [0.1, 0.15) is 33.1 Å². The Hall–Kier alpha value is -0.760. The fraction of sp³-hybridized carbons (Fsp3) is 0.714. The molecule has 0 bridgehead atoms. The van der Waals surface area contributed by atoms with Gasteiger partial charge in [-0.25, -0.2) is 0 Å². The van der Waals surface area contributed by atoms with Crippen LogP contribution in [0.4, 0.5) is 0 Å². The summed E-state index contributed by atoms with van der Waals surface area (Å²) in [4.78, 5) is 2.44. The standard InChI is InChI=1S/C14H25N2/c1-5-7-14-13(6-2)15(3)10-11-16(14,4)12-8-9-12/h5,7,12H,6,8-11H2,1-4H3/q+1. The number of likely N-dealkylation sites (N-methyl/N-ethyl adjacent to an activating group) is 2. The van der Waals surface area contributed by atoms with Gasteiger partial charge in [-0.2, -0.15) is 0 Å². The number of allylic oxidation sites excluding steroid dienone is 3. The molecule has 0 N–H and O–H groups in total. The monoisotopic (exact) mass is 221 g/mol. The maximum atomic E-state index is 2.44. The number of quaternary nitrogens is 1. The highest BCUT2D eigenvalue weighted by Crippen LogP contribution is 2.40. The van der Waals surface area contributed by atoms with Crippen LogP contribution in [0.2, 0.25) is 0 Å². The molecule has 2 rings (SSSR count). The van der Waals surface area contributed by atoms with Gasteiger partial charge >= 0.3 is 0 Å². The van der Waals surface area contributed by atoms with E-state index in [0.29, 0.717) is 0 Å². The van der Waals surface area contributed by atoms with E-state index < -0.39 is 0 Å². The summed E-state index contributed by atoms with van der Waals surface area (Å²) in [5.41, 5.74) is 3.10. The zero-order valence-electron chi connectivity index (χ0n) is 11.2. The molecule has 0 saturated heterocycles. The van der Waals surface area contributed by atoms with E-state index in [9.17, 15) is 0 Å². The lowest BCUT2D eigenvalue weighted by atomic mass is 10.1. The maximum Gasteiger partial charge on any atom is 0.151 e. The van der Waals surface area contributed by atoms with Crippen LogP contribution >= 0.6 is 0 Å². The normalized spacial score (nSPS) is 31.6. The summed E-state index contributed by atoms with van der Waals surface area (Å²) in [6.45, 7) is 6.88. The molecule has 1 saturated carbocycles. The molecular formula is C14H25N2+. The molecule has 0 spiro atoms. The Morgan fingerprint density at radius 2 is 2.12 bits per heavy atom. The molecule has 0 radical (unpaired) electrons. The van der Waals surface area contributed by atoms with Crippen molar-refractivity contribution in [2.45, 2.75) is 39.2 Å². The third-order valence-electron chi connectivity index (χ3n) is 4.22. The predicted molar refractivity (Wildman–Crippen MR) is 68.8 cm³/mol. The lowest BCUT2D eigenvalue weighted by Gasteiger charge is -2.43. The van der Waals surface area contributed by atoms with Gasteiger partial charge in [-0.05, 0) is 19.4 Å². The quantitative estimate of drug-likeness (QED) is 0.662. The molecule has 1 fully saturated rings. The molecule has 2 nitrogen and oxygen atoms in total. The first-order valence-corrected chi connectivity index (χ1v) is 6.56. The highest BCUT2D eigenvalue weighted by Gasteiger charge is 2.46. The van der Waals surface area contributed by atoms with Crippen molar-refractivity contribution in [1.29, 1.82) is 0 Å². The van der Waals surface area contributed by atoms with Crippen molar-refractivity contribution in [3.63, 3.8) is 0 Å². The molecule has 1 heterocycles. The molecule has 1 aliphatic carbocycles. The van der Waals surface area contributed by atoms with Gasteiger partial charge in [0.05, 0.1) is 25.3 Å². The lowest BCUT2D eigenvalue weighted by Crippen LogP contribution is -2.53. The van der Waals surface area contributed by atoms with Crippen molar-refractivity contribution < 1.29 is 4.48 Å². The van der Waals surface area contributed by atoms with Crippen LogP contribution < -0.4 is 0 Å². The molecular weight excluding hydrogens is 196 g/mol. The van der Waals surface area contributed by atoms with Crippen LogP contribution in [0.5, 0.6) is 0 Å². The average Bonchev–Trinajstić information content (AvgIpc) is 3.08. The van der Waals surface area contributed by atoms with E-state index in [-0.39, 0.29) is 0 Å². The van der Waals surface area contributed by atoms with Crippen molar-refractivity contribution in [1.82, 2.24) is 4.90 Å². The number of nitrogens with zero attached hydrogens (tertiary/aromatic N) is 2. The zero-order chi connectivity index (χ0) is 11.8. The van der Waals surface area contributed by atoms with Crippen LogP contribution in [0.3, 0.4) is 0 Å². The zero-order valence-corrected chi connectivity index (χ0v) is 11.2. The smallest absolute Gasteiger partial charge is 0.151 e. The summed E-state index contributed by atoms with van der Waals surface area (Å²) in [5.74, 6) is 0. The second-order valence-electron chi connectivity index (χ2n) is 5.33. The van der Waals surface area contributed by atoms with Gasteiger partial charge in [0.15, 0.2) is 5.70 Å². The summed E-state index contributed by atoms with van der Waals surface area (Å²) in [6.07, 6.45) is 8.52. The highest BCUT2D eigenvalue weighted by molar-refractivity contribution is 5.21. The first kappa shape index (κ1) is 11.7. The van der Waals surface area contributed by atoms with Gasteiger partial charge < -0.3 is 4.90 Å². The molecule has 1 atom stereocenters. The number of rotatable bonds is 3. The largest absolute Gasteiger partial charge is 0.367 e. The van der Waals surface area contributed by atoms with Crippen molar-refractivity contribution >= 4 is 0 Å². The van der Waals surface area contributed by atoms with Gasteiger partial charge in [0.25, 0.3) is 0 Å². The first-order valence-electron chi connectivity index (χ1n) is 6.56. The molecule has 16 heavy (non-hydrogen) atoms. The fourth-order valence-electron chi connectivity index (χ4n) is 3.00. The summed E-state index contributed by atoms with van der Waals surface area (Å²) < 4.78 is 1.18. The Balaban J connectivity index is 2.42. The molecule has 2 heteroatoms. The van der Waals surface area contributed by atoms with Crippen LogP contribution in [-0.2, 0) is 0 Å². The van der Waals surface area contributed by atoms with Crippen LogP contribution in [0, 0.1) is 0 Å². The third kappa shape index (κ3) is 1.80. The molecule has 0 aromatic carbocycles. The minimum atomic E-state index is 0.890. The SMILES string of the molecule is CC=CC1=C(CC)N(C)CC[N+]1(C)C1CC1. The minimum Gasteiger partial charge on any atom is -0.367 e. The highest BCUT2D eigenvalue weighted by atomic mass is 15.4. The summed E-state index contributed by atoms with van der Waals surface area (Å²) in [5, 5.41) is 0. The average molecular weight is 221 g/mol. The molecule has 0 aromatic heterocycles. The van der Waals surface area contributed by atoms with Gasteiger partial charge in [0, 0.05) is 19.9 Å². The molecule has 90 valence electrons. The number of hydrogen-bond acceptors (Lipinski definition) is 1. The van der Waals surface area contributed by atoms with Gasteiger partial charge in [-0.1, -0.05) is 13.0 Å². The molecule has 1 aliphatic heterocycles. The van der Waals surface area contributed by atoms with E-state index >= 15 is 0 Å². The Morgan fingerprint density at radius 1 is 1.44 bits per heavy atom. The fourth-order valence-corrected chi connectivity index (χ4v) is 3.00. The van der Waals surface area contributed by atoms with Gasteiger partial charge in [-0.3, -0.25) is 4.48 Å². The van der Waals surface area contributed by atoms with Crippen LogP contribution in [0.15, 0.2) is 23.5 Å². The van der Waals surface area contributed by atoms with Gasteiger partial charge in [0.1, 0.15) is 6.54 Å². The lowest BCUT2D eigenvalue weighted by molar-refractivity contribution is -0.883. The van der Waals surface area contributed by atoms with E-state index in [1.165, 1.54) is 30.4 Å². The van der Waals surface area contributed by atoms with Gasteiger partial charge in [0.2, 0.25) is 0 Å². The van der Waals surface area contributed by atoms with Crippen molar-refractivity contribution in [3.05, 3.63) is 23.5 Å².